The highest BCUT2D eigenvalue weighted by Crippen LogP contribution is 2.33. The van der Waals surface area contributed by atoms with Crippen LogP contribution in [-0.2, 0) is 12.0 Å². The van der Waals surface area contributed by atoms with Gasteiger partial charge in [0.25, 0.3) is 0 Å². The maximum absolute atomic E-state index is 11.6. The number of ether oxygens (including phenoxy) is 1. The first-order valence-electron chi connectivity index (χ1n) is 10.7. The number of aromatic carboxylic acids is 1. The van der Waals surface area contributed by atoms with Gasteiger partial charge in [-0.25, -0.2) is 4.79 Å². The molecule has 32 heavy (non-hydrogen) atoms. The first kappa shape index (κ1) is 22.1. The fourth-order valence-corrected chi connectivity index (χ4v) is 4.54. The molecule has 1 fully saturated rings. The van der Waals surface area contributed by atoms with Gasteiger partial charge in [-0.05, 0) is 41.0 Å². The first-order valence-corrected chi connectivity index (χ1v) is 10.7. The van der Waals surface area contributed by atoms with Gasteiger partial charge in [-0.3, -0.25) is 9.47 Å². The summed E-state index contributed by atoms with van der Waals surface area (Å²) in [6.07, 6.45) is 1.42. The Balaban J connectivity index is 1.39. The van der Waals surface area contributed by atoms with Crippen LogP contribution in [0.5, 0.6) is 6.01 Å². The van der Waals surface area contributed by atoms with Crippen LogP contribution >= 0.6 is 0 Å². The molecule has 2 aliphatic heterocycles. The molecule has 2 aromatic rings. The Morgan fingerprint density at radius 3 is 2.53 bits per heavy atom. The van der Waals surface area contributed by atoms with E-state index in [0.717, 1.165) is 37.4 Å². The number of fused-ring (bicyclic) bond motifs is 1. The number of hydrogen-bond donors (Lipinski definition) is 1. The lowest BCUT2D eigenvalue weighted by atomic mass is 9.83. The number of anilines is 1. The normalized spacial score (nSPS) is 21.3. The van der Waals surface area contributed by atoms with Crippen LogP contribution in [0.1, 0.15) is 43.6 Å². The molecule has 1 aromatic carbocycles. The number of nitro groups is 1. The number of hydrogen-bond acceptors (Lipinski definition) is 7. The molecular formula is C22H29N5O5. The zero-order valence-corrected chi connectivity index (χ0v) is 18.9. The van der Waals surface area contributed by atoms with Crippen LogP contribution in [0.25, 0.3) is 0 Å². The van der Waals surface area contributed by atoms with Crippen LogP contribution in [0.15, 0.2) is 24.4 Å². The third-order valence-electron chi connectivity index (χ3n) is 6.09. The van der Waals surface area contributed by atoms with E-state index < -0.39 is 16.5 Å². The Morgan fingerprint density at radius 2 is 1.97 bits per heavy atom. The largest absolute Gasteiger partial charge is 0.478 e. The van der Waals surface area contributed by atoms with Crippen molar-refractivity contribution in [2.24, 2.45) is 0 Å². The highest BCUT2D eigenvalue weighted by atomic mass is 16.6. The van der Waals surface area contributed by atoms with Gasteiger partial charge in [-0.2, -0.15) is 0 Å². The molecule has 4 rings (SSSR count). The highest BCUT2D eigenvalue weighted by Gasteiger charge is 2.41. The molecule has 1 aromatic heterocycles. The van der Waals surface area contributed by atoms with Gasteiger partial charge in [0.15, 0.2) is 0 Å². The predicted octanol–water partition coefficient (Wildman–Crippen LogP) is 2.76. The second-order valence-corrected chi connectivity index (χ2v) is 9.87. The van der Waals surface area contributed by atoms with Gasteiger partial charge in [-0.15, -0.1) is 0 Å². The summed E-state index contributed by atoms with van der Waals surface area (Å²) in [5, 5.41) is 20.4. The number of imidazole rings is 1. The van der Waals surface area contributed by atoms with Crippen LogP contribution < -0.4 is 9.64 Å². The van der Waals surface area contributed by atoms with E-state index in [1.165, 1.54) is 6.20 Å². The SMILES string of the molecule is CC1(CN2CCN(c3ccc(C(=O)O)c(C(C)(C)C)c3)CC2)Cn2cc([N+](=O)[O-])nc2O1. The summed E-state index contributed by atoms with van der Waals surface area (Å²) in [6, 6.07) is 5.90. The minimum atomic E-state index is -0.901. The van der Waals surface area contributed by atoms with Crippen molar-refractivity contribution in [3.8, 4) is 6.01 Å². The molecule has 10 heteroatoms. The first-order chi connectivity index (χ1) is 14.9. The molecule has 10 nitrogen and oxygen atoms in total. The molecule has 1 saturated heterocycles. The maximum atomic E-state index is 11.6. The summed E-state index contributed by atoms with van der Waals surface area (Å²) in [4.78, 5) is 30.6. The van der Waals surface area contributed by atoms with Gasteiger partial charge in [-0.1, -0.05) is 20.8 Å². The van der Waals surface area contributed by atoms with Crippen LogP contribution in [0.4, 0.5) is 11.5 Å². The van der Waals surface area contributed by atoms with Crippen LogP contribution in [0.3, 0.4) is 0 Å². The monoisotopic (exact) mass is 443 g/mol. The highest BCUT2D eigenvalue weighted by molar-refractivity contribution is 5.90. The molecule has 0 radical (unpaired) electrons. The van der Waals surface area contributed by atoms with Gasteiger partial charge in [0, 0.05) is 43.4 Å². The van der Waals surface area contributed by atoms with Crippen molar-refractivity contribution in [2.75, 3.05) is 37.6 Å². The molecule has 0 amide bonds. The van der Waals surface area contributed by atoms with E-state index in [0.29, 0.717) is 24.7 Å². The molecule has 0 spiro atoms. The summed E-state index contributed by atoms with van der Waals surface area (Å²) < 4.78 is 7.67. The topological polar surface area (TPSA) is 114 Å². The zero-order valence-electron chi connectivity index (χ0n) is 18.9. The standard InChI is InChI=1S/C22H29N5O5/c1-21(2,3)17-11-15(5-6-16(17)19(28)29)25-9-7-24(8-10-25)13-22(4)14-26-12-18(27(30)31)23-20(26)32-22/h5-6,11-12H,7-10,13-14H2,1-4H3,(H,28,29). The number of benzene rings is 1. The second-order valence-electron chi connectivity index (χ2n) is 9.87. The minimum Gasteiger partial charge on any atom is -0.478 e. The van der Waals surface area contributed by atoms with Crippen LogP contribution in [0, 0.1) is 10.1 Å². The number of carboxylic acids is 1. The predicted molar refractivity (Wildman–Crippen MR) is 119 cm³/mol. The molecule has 1 N–H and O–H groups in total. The Labute approximate surface area is 186 Å². The maximum Gasteiger partial charge on any atom is 0.415 e. The minimum absolute atomic E-state index is 0.195. The molecular weight excluding hydrogens is 414 g/mol. The molecule has 1 unspecified atom stereocenters. The molecule has 0 aliphatic carbocycles. The summed E-state index contributed by atoms with van der Waals surface area (Å²) >= 11 is 0. The van der Waals surface area contributed by atoms with Gasteiger partial charge in [0.2, 0.25) is 0 Å². The number of nitrogens with zero attached hydrogens (tertiary/aromatic N) is 5. The van der Waals surface area contributed by atoms with Gasteiger partial charge in [0.05, 0.1) is 12.1 Å². The van der Waals surface area contributed by atoms with E-state index in [1.807, 2.05) is 39.8 Å². The van der Waals surface area contributed by atoms with Crippen molar-refractivity contribution < 1.29 is 19.6 Å². The van der Waals surface area contributed by atoms with Crippen molar-refractivity contribution in [3.05, 3.63) is 45.6 Å². The number of carbonyl (C=O) groups is 1. The summed E-state index contributed by atoms with van der Waals surface area (Å²) in [5.41, 5.74) is 1.47. The van der Waals surface area contributed by atoms with Crippen LogP contribution in [0.2, 0.25) is 0 Å². The molecule has 1 atom stereocenters. The molecule has 3 heterocycles. The van der Waals surface area contributed by atoms with E-state index in [9.17, 15) is 20.0 Å². The van der Waals surface area contributed by atoms with Crippen molar-refractivity contribution in [1.82, 2.24) is 14.5 Å². The van der Waals surface area contributed by atoms with Crippen molar-refractivity contribution >= 4 is 17.5 Å². The number of aromatic nitrogens is 2. The summed E-state index contributed by atoms with van der Waals surface area (Å²) in [6.45, 7) is 12.6. The van der Waals surface area contributed by atoms with Crippen molar-refractivity contribution in [1.29, 1.82) is 0 Å². The Morgan fingerprint density at radius 1 is 1.28 bits per heavy atom. The molecule has 0 bridgehead atoms. The van der Waals surface area contributed by atoms with Crippen molar-refractivity contribution in [2.45, 2.75) is 45.3 Å². The van der Waals surface area contributed by atoms with Gasteiger partial charge < -0.3 is 24.9 Å². The quantitative estimate of drug-likeness (QED) is 0.554. The number of carboxylic acid groups (broad SMARTS) is 1. The number of rotatable bonds is 5. The van der Waals surface area contributed by atoms with Crippen LogP contribution in [-0.4, -0.2) is 68.8 Å². The van der Waals surface area contributed by atoms with E-state index in [-0.39, 0.29) is 11.2 Å². The second kappa shape index (κ2) is 7.77. The lowest BCUT2D eigenvalue weighted by Gasteiger charge is -2.39. The Hall–Kier alpha value is -3.14. The molecule has 0 saturated carbocycles. The van der Waals surface area contributed by atoms with E-state index in [4.69, 9.17) is 4.74 Å². The molecule has 2 aliphatic rings. The van der Waals surface area contributed by atoms with E-state index in [1.54, 1.807) is 10.6 Å². The van der Waals surface area contributed by atoms with Gasteiger partial charge >= 0.3 is 17.8 Å². The average Bonchev–Trinajstić information content (AvgIpc) is 3.22. The third-order valence-corrected chi connectivity index (χ3v) is 6.09. The zero-order chi connectivity index (χ0) is 23.3. The lowest BCUT2D eigenvalue weighted by molar-refractivity contribution is -0.389. The Kier molecular flexibility index (Phi) is 5.36. The third kappa shape index (κ3) is 4.27. The molecule has 172 valence electrons. The lowest BCUT2D eigenvalue weighted by Crippen LogP contribution is -2.52. The fourth-order valence-electron chi connectivity index (χ4n) is 4.54. The van der Waals surface area contributed by atoms with Gasteiger partial charge in [0.1, 0.15) is 11.8 Å². The average molecular weight is 444 g/mol. The summed E-state index contributed by atoms with van der Waals surface area (Å²) in [7, 11) is 0. The fraction of sp³-hybridized carbons (Fsp3) is 0.545. The smallest absolute Gasteiger partial charge is 0.415 e. The summed E-state index contributed by atoms with van der Waals surface area (Å²) in [5.74, 6) is -1.10. The van der Waals surface area contributed by atoms with Crippen molar-refractivity contribution in [3.63, 3.8) is 0 Å². The van der Waals surface area contributed by atoms with E-state index in [2.05, 4.69) is 14.8 Å². The Bertz CT molecular complexity index is 1030. The van der Waals surface area contributed by atoms with E-state index >= 15 is 0 Å². The number of piperazine rings is 1.